The van der Waals surface area contributed by atoms with Gasteiger partial charge in [0.1, 0.15) is 12.3 Å². The van der Waals surface area contributed by atoms with E-state index < -0.39 is 15.9 Å². The minimum absolute atomic E-state index is 0.123. The molecule has 0 aliphatic heterocycles. The van der Waals surface area contributed by atoms with Crippen LogP contribution < -0.4 is 14.4 Å². The van der Waals surface area contributed by atoms with E-state index in [0.717, 1.165) is 20.1 Å². The quantitative estimate of drug-likeness (QED) is 0.437. The minimum Gasteiger partial charge on any atom is -0.497 e. The molecule has 0 spiro atoms. The van der Waals surface area contributed by atoms with Gasteiger partial charge in [-0.2, -0.15) is 0 Å². The summed E-state index contributed by atoms with van der Waals surface area (Å²) in [5.41, 5.74) is 1.33. The van der Waals surface area contributed by atoms with Crippen LogP contribution in [-0.4, -0.2) is 28.0 Å². The second-order valence-electron chi connectivity index (χ2n) is 7.10. The van der Waals surface area contributed by atoms with Gasteiger partial charge in [0, 0.05) is 4.47 Å². The van der Waals surface area contributed by atoms with Gasteiger partial charge in [0.15, 0.2) is 0 Å². The molecular formula is C24H25BrN2O4S. The van der Waals surface area contributed by atoms with E-state index in [1.165, 1.54) is 12.1 Å². The fourth-order valence-corrected chi connectivity index (χ4v) is 4.98. The van der Waals surface area contributed by atoms with Crippen molar-refractivity contribution in [3.63, 3.8) is 0 Å². The van der Waals surface area contributed by atoms with Crippen molar-refractivity contribution < 1.29 is 17.9 Å². The first-order chi connectivity index (χ1) is 15.3. The molecule has 1 N–H and O–H groups in total. The second kappa shape index (κ2) is 10.7. The van der Waals surface area contributed by atoms with E-state index in [-0.39, 0.29) is 17.5 Å². The molecule has 0 saturated heterocycles. The van der Waals surface area contributed by atoms with Gasteiger partial charge >= 0.3 is 0 Å². The predicted octanol–water partition coefficient (Wildman–Crippen LogP) is 4.92. The molecule has 8 heteroatoms. The third kappa shape index (κ3) is 5.69. The maximum absolute atomic E-state index is 13.4. The molecule has 0 heterocycles. The monoisotopic (exact) mass is 516 g/mol. The summed E-state index contributed by atoms with van der Waals surface area (Å²) in [7, 11) is -2.34. The van der Waals surface area contributed by atoms with Crippen LogP contribution in [0, 0.1) is 0 Å². The number of amides is 1. The van der Waals surface area contributed by atoms with Gasteiger partial charge in [-0.25, -0.2) is 8.42 Å². The highest BCUT2D eigenvalue weighted by molar-refractivity contribution is 9.10. The Bertz CT molecular complexity index is 1130. The fraction of sp³-hybridized carbons (Fsp3) is 0.208. The molecular weight excluding hydrogens is 492 g/mol. The lowest BCUT2D eigenvalue weighted by atomic mass is 10.0. The molecule has 3 aromatic carbocycles. The van der Waals surface area contributed by atoms with Crippen molar-refractivity contribution in [3.05, 3.63) is 88.9 Å². The average molecular weight is 517 g/mol. The third-order valence-electron chi connectivity index (χ3n) is 4.99. The molecule has 0 radical (unpaired) electrons. The smallest absolute Gasteiger partial charge is 0.264 e. The topological polar surface area (TPSA) is 75.7 Å². The Morgan fingerprint density at radius 2 is 1.62 bits per heavy atom. The number of nitrogens with zero attached hydrogens (tertiary/aromatic N) is 1. The SMILES string of the molecule is CC[C@@H](NC(=O)CN(c1ccc(Br)cc1)S(=O)(=O)c1ccccc1)c1ccc(OC)cc1. The number of hydrogen-bond acceptors (Lipinski definition) is 4. The molecule has 1 atom stereocenters. The van der Waals surface area contributed by atoms with E-state index in [4.69, 9.17) is 4.74 Å². The second-order valence-corrected chi connectivity index (χ2v) is 9.88. The maximum Gasteiger partial charge on any atom is 0.264 e. The molecule has 0 aliphatic rings. The number of anilines is 1. The molecule has 0 aliphatic carbocycles. The zero-order valence-electron chi connectivity index (χ0n) is 17.9. The van der Waals surface area contributed by atoms with E-state index in [1.807, 2.05) is 31.2 Å². The largest absolute Gasteiger partial charge is 0.497 e. The molecule has 1 amide bonds. The van der Waals surface area contributed by atoms with Gasteiger partial charge < -0.3 is 10.1 Å². The van der Waals surface area contributed by atoms with Crippen LogP contribution in [0.4, 0.5) is 5.69 Å². The Kier molecular flexibility index (Phi) is 7.93. The standard InChI is InChI=1S/C24H25BrN2O4S/c1-3-23(18-9-15-21(31-2)16-10-18)26-24(28)17-27(20-13-11-19(25)12-14-20)32(29,30)22-7-5-4-6-8-22/h4-16,23H,3,17H2,1-2H3,(H,26,28)/t23-/m1/s1. The highest BCUT2D eigenvalue weighted by atomic mass is 79.9. The maximum atomic E-state index is 13.4. The van der Waals surface area contributed by atoms with Crippen LogP contribution in [0.3, 0.4) is 0 Å². The first kappa shape index (κ1) is 23.8. The van der Waals surface area contributed by atoms with Gasteiger partial charge in [0.05, 0.1) is 23.7 Å². The van der Waals surface area contributed by atoms with E-state index in [2.05, 4.69) is 21.2 Å². The first-order valence-electron chi connectivity index (χ1n) is 10.1. The number of halogens is 1. The van der Waals surface area contributed by atoms with E-state index in [0.29, 0.717) is 12.1 Å². The number of carbonyl (C=O) groups is 1. The lowest BCUT2D eigenvalue weighted by Gasteiger charge is -2.26. The van der Waals surface area contributed by atoms with Crippen molar-refractivity contribution in [1.29, 1.82) is 0 Å². The van der Waals surface area contributed by atoms with Gasteiger partial charge in [0.25, 0.3) is 10.0 Å². The summed E-state index contributed by atoms with van der Waals surface area (Å²) >= 11 is 3.36. The summed E-state index contributed by atoms with van der Waals surface area (Å²) in [4.78, 5) is 13.1. The minimum atomic E-state index is -3.94. The molecule has 6 nitrogen and oxygen atoms in total. The Hall–Kier alpha value is -2.84. The lowest BCUT2D eigenvalue weighted by Crippen LogP contribution is -2.42. The van der Waals surface area contributed by atoms with Crippen molar-refractivity contribution in [3.8, 4) is 5.75 Å². The Labute approximate surface area is 197 Å². The number of hydrogen-bond donors (Lipinski definition) is 1. The summed E-state index contributed by atoms with van der Waals surface area (Å²) in [6, 6.07) is 22.1. The number of rotatable bonds is 9. The van der Waals surface area contributed by atoms with Crippen molar-refractivity contribution in [1.82, 2.24) is 5.32 Å². The normalized spacial score (nSPS) is 12.1. The van der Waals surface area contributed by atoms with Gasteiger partial charge in [-0.05, 0) is 60.5 Å². The molecule has 0 aromatic heterocycles. The number of methoxy groups -OCH3 is 1. The van der Waals surface area contributed by atoms with E-state index in [9.17, 15) is 13.2 Å². The lowest BCUT2D eigenvalue weighted by molar-refractivity contribution is -0.120. The number of sulfonamides is 1. The van der Waals surface area contributed by atoms with Crippen LogP contribution in [0.15, 0.2) is 88.2 Å². The average Bonchev–Trinajstić information content (AvgIpc) is 2.82. The molecule has 168 valence electrons. The van der Waals surface area contributed by atoms with Crippen molar-refractivity contribution >= 4 is 37.5 Å². The Balaban J connectivity index is 1.86. The third-order valence-corrected chi connectivity index (χ3v) is 7.31. The van der Waals surface area contributed by atoms with Crippen LogP contribution in [0.2, 0.25) is 0 Å². The molecule has 3 rings (SSSR count). The number of ether oxygens (including phenoxy) is 1. The molecule has 0 saturated carbocycles. The van der Waals surface area contributed by atoms with Gasteiger partial charge in [0.2, 0.25) is 5.91 Å². The van der Waals surface area contributed by atoms with E-state index in [1.54, 1.807) is 49.6 Å². The van der Waals surface area contributed by atoms with Gasteiger partial charge in [-0.3, -0.25) is 9.10 Å². The summed E-state index contributed by atoms with van der Waals surface area (Å²) in [6.07, 6.45) is 0.655. The number of nitrogens with one attached hydrogen (secondary N) is 1. The van der Waals surface area contributed by atoms with Gasteiger partial charge in [-0.1, -0.05) is 53.2 Å². The molecule has 0 fully saturated rings. The number of carbonyl (C=O) groups excluding carboxylic acids is 1. The van der Waals surface area contributed by atoms with Crippen LogP contribution in [0.1, 0.15) is 24.9 Å². The van der Waals surface area contributed by atoms with Crippen molar-refractivity contribution in [2.45, 2.75) is 24.3 Å². The first-order valence-corrected chi connectivity index (χ1v) is 12.3. The zero-order chi connectivity index (χ0) is 23.1. The number of benzene rings is 3. The highest BCUT2D eigenvalue weighted by Gasteiger charge is 2.27. The summed E-state index contributed by atoms with van der Waals surface area (Å²) < 4.78 is 33.9. The van der Waals surface area contributed by atoms with Crippen LogP contribution >= 0.6 is 15.9 Å². The van der Waals surface area contributed by atoms with Crippen LogP contribution in [-0.2, 0) is 14.8 Å². The molecule has 3 aromatic rings. The van der Waals surface area contributed by atoms with Crippen molar-refractivity contribution in [2.75, 3.05) is 18.0 Å². The molecule has 0 bridgehead atoms. The Morgan fingerprint density at radius 1 is 1.00 bits per heavy atom. The summed E-state index contributed by atoms with van der Waals surface area (Å²) in [5.74, 6) is 0.334. The van der Waals surface area contributed by atoms with Crippen LogP contribution in [0.25, 0.3) is 0 Å². The van der Waals surface area contributed by atoms with Crippen LogP contribution in [0.5, 0.6) is 5.75 Å². The fourth-order valence-electron chi connectivity index (χ4n) is 3.27. The van der Waals surface area contributed by atoms with Crippen molar-refractivity contribution in [2.24, 2.45) is 0 Å². The molecule has 0 unspecified atom stereocenters. The van der Waals surface area contributed by atoms with Gasteiger partial charge in [-0.15, -0.1) is 0 Å². The predicted molar refractivity (Wildman–Crippen MR) is 129 cm³/mol. The summed E-state index contributed by atoms with van der Waals surface area (Å²) in [5, 5.41) is 2.96. The molecule has 32 heavy (non-hydrogen) atoms. The van der Waals surface area contributed by atoms with E-state index >= 15 is 0 Å². The summed E-state index contributed by atoms with van der Waals surface area (Å²) in [6.45, 7) is 1.62. The Morgan fingerprint density at radius 3 is 2.19 bits per heavy atom. The highest BCUT2D eigenvalue weighted by Crippen LogP contribution is 2.26. The zero-order valence-corrected chi connectivity index (χ0v) is 20.3.